The van der Waals surface area contributed by atoms with E-state index in [0.717, 1.165) is 5.56 Å². The van der Waals surface area contributed by atoms with Gasteiger partial charge in [-0.3, -0.25) is 0 Å². The summed E-state index contributed by atoms with van der Waals surface area (Å²) in [5.74, 6) is 0. The van der Waals surface area contributed by atoms with Crippen LogP contribution in [-0.2, 0) is 6.42 Å². The van der Waals surface area contributed by atoms with Gasteiger partial charge in [0.2, 0.25) is 0 Å². The summed E-state index contributed by atoms with van der Waals surface area (Å²) >= 11 is 5.99. The van der Waals surface area contributed by atoms with E-state index >= 15 is 0 Å². The maximum atomic E-state index is 12.3. The minimum Gasteiger partial charge on any atom is -0.306 e. The van der Waals surface area contributed by atoms with Crippen molar-refractivity contribution in [3.05, 3.63) is 34.9 Å². The van der Waals surface area contributed by atoms with Crippen LogP contribution < -0.4 is 5.32 Å². The summed E-state index contributed by atoms with van der Waals surface area (Å²) < 4.78 is 24.6. The van der Waals surface area contributed by atoms with Gasteiger partial charge >= 0.3 is 0 Å². The van der Waals surface area contributed by atoms with E-state index in [9.17, 15) is 8.78 Å². The summed E-state index contributed by atoms with van der Waals surface area (Å²) in [6.07, 6.45) is -1.69. The van der Waals surface area contributed by atoms with E-state index < -0.39 is 12.5 Å². The van der Waals surface area contributed by atoms with E-state index in [-0.39, 0.29) is 6.04 Å². The Kier molecular flexibility index (Phi) is 5.16. The average Bonchev–Trinajstić information content (AvgIpc) is 2.21. The van der Waals surface area contributed by atoms with Gasteiger partial charge in [0.25, 0.3) is 6.43 Å². The molecule has 0 radical (unpaired) electrons. The molecule has 1 rings (SSSR count). The fraction of sp³-hybridized carbons (Fsp3) is 0.500. The van der Waals surface area contributed by atoms with Crippen LogP contribution in [0.5, 0.6) is 0 Å². The monoisotopic (exact) mass is 247 g/mol. The first kappa shape index (κ1) is 13.4. The molecule has 2 atom stereocenters. The molecular formula is C12H16ClF2N. The molecule has 0 fully saturated rings. The zero-order valence-corrected chi connectivity index (χ0v) is 10.1. The number of alkyl halides is 2. The standard InChI is InChI=1S/C12H16ClF2N/c1-8(16-9(2)12(14)15)7-10-5-3-4-6-11(10)13/h3-6,8-9,12,16H,7H2,1-2H3. The molecule has 0 spiro atoms. The van der Waals surface area contributed by atoms with E-state index in [1.807, 2.05) is 25.1 Å². The first-order chi connectivity index (χ1) is 7.50. The highest BCUT2D eigenvalue weighted by Crippen LogP contribution is 2.16. The van der Waals surface area contributed by atoms with Crippen molar-refractivity contribution in [2.75, 3.05) is 0 Å². The van der Waals surface area contributed by atoms with Gasteiger partial charge in [-0.05, 0) is 31.9 Å². The second kappa shape index (κ2) is 6.16. The lowest BCUT2D eigenvalue weighted by Crippen LogP contribution is -2.40. The minimum atomic E-state index is -2.34. The van der Waals surface area contributed by atoms with Crippen molar-refractivity contribution in [2.45, 2.75) is 38.8 Å². The molecule has 2 unspecified atom stereocenters. The molecule has 1 N–H and O–H groups in total. The molecule has 4 heteroatoms. The Labute approximate surface area is 99.8 Å². The third kappa shape index (κ3) is 4.06. The fourth-order valence-electron chi connectivity index (χ4n) is 1.57. The quantitative estimate of drug-likeness (QED) is 0.840. The molecule has 1 aromatic carbocycles. The number of hydrogen-bond donors (Lipinski definition) is 1. The zero-order chi connectivity index (χ0) is 12.1. The normalized spacial score (nSPS) is 15.1. The number of nitrogens with one attached hydrogen (secondary N) is 1. The van der Waals surface area contributed by atoms with Crippen molar-refractivity contribution in [2.24, 2.45) is 0 Å². The molecule has 0 bridgehead atoms. The molecule has 0 aromatic heterocycles. The second-order valence-electron chi connectivity index (χ2n) is 3.99. The minimum absolute atomic E-state index is 0.0242. The van der Waals surface area contributed by atoms with Crippen LogP contribution in [0.4, 0.5) is 8.78 Å². The Bertz CT molecular complexity index is 331. The predicted molar refractivity (Wildman–Crippen MR) is 63.2 cm³/mol. The molecule has 0 aliphatic rings. The third-order valence-electron chi connectivity index (χ3n) is 2.41. The van der Waals surface area contributed by atoms with Crippen LogP contribution in [0.2, 0.25) is 5.02 Å². The van der Waals surface area contributed by atoms with Crippen molar-refractivity contribution in [3.8, 4) is 0 Å². The van der Waals surface area contributed by atoms with E-state index in [2.05, 4.69) is 5.32 Å². The number of hydrogen-bond acceptors (Lipinski definition) is 1. The SMILES string of the molecule is CC(Cc1ccccc1Cl)NC(C)C(F)F. The smallest absolute Gasteiger partial charge is 0.253 e. The topological polar surface area (TPSA) is 12.0 Å². The predicted octanol–water partition coefficient (Wildman–Crippen LogP) is 3.51. The highest BCUT2D eigenvalue weighted by Gasteiger charge is 2.17. The van der Waals surface area contributed by atoms with Crippen LogP contribution in [0, 0.1) is 0 Å². The first-order valence-electron chi connectivity index (χ1n) is 5.28. The summed E-state index contributed by atoms with van der Waals surface area (Å²) in [4.78, 5) is 0. The molecule has 0 saturated heterocycles. The van der Waals surface area contributed by atoms with E-state index in [1.165, 1.54) is 6.92 Å². The Morgan fingerprint density at radius 1 is 1.25 bits per heavy atom. The van der Waals surface area contributed by atoms with Crippen LogP contribution in [0.1, 0.15) is 19.4 Å². The number of halogens is 3. The molecule has 0 saturated carbocycles. The lowest BCUT2D eigenvalue weighted by molar-refractivity contribution is 0.101. The van der Waals surface area contributed by atoms with Crippen LogP contribution in [-0.4, -0.2) is 18.5 Å². The Balaban J connectivity index is 2.52. The Morgan fingerprint density at radius 3 is 2.44 bits per heavy atom. The molecule has 0 aliphatic heterocycles. The van der Waals surface area contributed by atoms with Gasteiger partial charge in [-0.25, -0.2) is 8.78 Å². The van der Waals surface area contributed by atoms with Crippen molar-refractivity contribution in [3.63, 3.8) is 0 Å². The van der Waals surface area contributed by atoms with Gasteiger partial charge in [-0.1, -0.05) is 29.8 Å². The summed E-state index contributed by atoms with van der Waals surface area (Å²) in [6, 6.07) is 6.64. The van der Waals surface area contributed by atoms with Crippen LogP contribution in [0.25, 0.3) is 0 Å². The van der Waals surface area contributed by atoms with Crippen molar-refractivity contribution in [1.29, 1.82) is 0 Å². The van der Waals surface area contributed by atoms with Crippen molar-refractivity contribution >= 4 is 11.6 Å². The highest BCUT2D eigenvalue weighted by molar-refractivity contribution is 6.31. The summed E-state index contributed by atoms with van der Waals surface area (Å²) in [5.41, 5.74) is 0.977. The van der Waals surface area contributed by atoms with Crippen molar-refractivity contribution < 1.29 is 8.78 Å². The van der Waals surface area contributed by atoms with Gasteiger partial charge in [-0.15, -0.1) is 0 Å². The average molecular weight is 248 g/mol. The van der Waals surface area contributed by atoms with Gasteiger partial charge in [0.15, 0.2) is 0 Å². The lowest BCUT2D eigenvalue weighted by Gasteiger charge is -2.19. The largest absolute Gasteiger partial charge is 0.306 e. The van der Waals surface area contributed by atoms with E-state index in [1.54, 1.807) is 6.07 Å². The molecular weight excluding hydrogens is 232 g/mol. The van der Waals surface area contributed by atoms with Crippen LogP contribution in [0.15, 0.2) is 24.3 Å². The number of rotatable bonds is 5. The lowest BCUT2D eigenvalue weighted by atomic mass is 10.1. The maximum Gasteiger partial charge on any atom is 0.253 e. The maximum absolute atomic E-state index is 12.3. The molecule has 16 heavy (non-hydrogen) atoms. The van der Waals surface area contributed by atoms with Crippen LogP contribution in [0.3, 0.4) is 0 Å². The summed E-state index contributed by atoms with van der Waals surface area (Å²) in [6.45, 7) is 3.36. The fourth-order valence-corrected chi connectivity index (χ4v) is 1.79. The molecule has 1 nitrogen and oxygen atoms in total. The van der Waals surface area contributed by atoms with Gasteiger partial charge in [-0.2, -0.15) is 0 Å². The molecule has 90 valence electrons. The molecule has 0 amide bonds. The second-order valence-corrected chi connectivity index (χ2v) is 4.39. The van der Waals surface area contributed by atoms with Crippen molar-refractivity contribution in [1.82, 2.24) is 5.32 Å². The summed E-state index contributed by atoms with van der Waals surface area (Å²) in [5, 5.41) is 3.53. The van der Waals surface area contributed by atoms with Gasteiger partial charge in [0.1, 0.15) is 0 Å². The molecule has 0 aliphatic carbocycles. The van der Waals surface area contributed by atoms with Crippen LogP contribution >= 0.6 is 11.6 Å². The Morgan fingerprint density at radius 2 is 1.88 bits per heavy atom. The number of benzene rings is 1. The van der Waals surface area contributed by atoms with E-state index in [0.29, 0.717) is 11.4 Å². The summed E-state index contributed by atoms with van der Waals surface area (Å²) in [7, 11) is 0. The van der Waals surface area contributed by atoms with Gasteiger partial charge in [0, 0.05) is 11.1 Å². The zero-order valence-electron chi connectivity index (χ0n) is 9.38. The van der Waals surface area contributed by atoms with Gasteiger partial charge in [0.05, 0.1) is 6.04 Å². The molecule has 1 aromatic rings. The highest BCUT2D eigenvalue weighted by atomic mass is 35.5. The van der Waals surface area contributed by atoms with E-state index in [4.69, 9.17) is 11.6 Å². The molecule has 0 heterocycles. The van der Waals surface area contributed by atoms with Gasteiger partial charge < -0.3 is 5.32 Å². The third-order valence-corrected chi connectivity index (χ3v) is 2.78. The Hall–Kier alpha value is -0.670. The first-order valence-corrected chi connectivity index (χ1v) is 5.66.